The first kappa shape index (κ1) is 18.2. The van der Waals surface area contributed by atoms with Crippen LogP contribution in [-0.2, 0) is 0 Å². The molecule has 2 N–H and O–H groups in total. The minimum atomic E-state index is -0.552. The van der Waals surface area contributed by atoms with Gasteiger partial charge in [-0.05, 0) is 25.0 Å². The van der Waals surface area contributed by atoms with E-state index in [2.05, 4.69) is 10.6 Å². The molecule has 0 aliphatic heterocycles. The number of hydrogen-bond donors (Lipinski definition) is 2. The van der Waals surface area contributed by atoms with Gasteiger partial charge in [-0.1, -0.05) is 25.7 Å². The molecule has 1 saturated carbocycles. The normalized spacial score (nSPS) is 15.5. The highest BCUT2D eigenvalue weighted by Gasteiger charge is 2.18. The molecule has 2 rings (SSSR count). The Bertz CT molecular complexity index is 569. The number of nitrogens with zero attached hydrogens (tertiary/aromatic N) is 1. The van der Waals surface area contributed by atoms with Gasteiger partial charge in [0.15, 0.2) is 5.75 Å². The van der Waals surface area contributed by atoms with Gasteiger partial charge >= 0.3 is 5.69 Å². The summed E-state index contributed by atoms with van der Waals surface area (Å²) in [6.07, 6.45) is 7.53. The van der Waals surface area contributed by atoms with Gasteiger partial charge in [0.1, 0.15) is 0 Å². The van der Waals surface area contributed by atoms with Crippen LogP contribution in [0.15, 0.2) is 18.2 Å². The van der Waals surface area contributed by atoms with Gasteiger partial charge in [0.05, 0.1) is 12.0 Å². The number of rotatable bonds is 7. The van der Waals surface area contributed by atoms with E-state index in [1.807, 2.05) is 0 Å². The molecule has 0 saturated heterocycles. The maximum Gasteiger partial charge on any atom is 0.311 e. The molecule has 1 amide bonds. The molecule has 1 aromatic rings. The summed E-state index contributed by atoms with van der Waals surface area (Å²) in [4.78, 5) is 22.6. The number of hydrogen-bond acceptors (Lipinski definition) is 5. The lowest BCUT2D eigenvalue weighted by atomic mass is 10.1. The molecule has 0 aromatic heterocycles. The van der Waals surface area contributed by atoms with Crippen LogP contribution in [0.3, 0.4) is 0 Å². The molecule has 0 atom stereocenters. The standard InChI is InChI=1S/C17H25N3O4/c1-24-16-9-8-13(12-15(16)20(22)23)17(21)19-11-10-18-14-6-4-2-3-5-7-14/h8-9,12,14,18H,2-7,10-11H2,1H3,(H,19,21). The molecular weight excluding hydrogens is 310 g/mol. The minimum Gasteiger partial charge on any atom is -0.490 e. The average molecular weight is 335 g/mol. The van der Waals surface area contributed by atoms with E-state index in [-0.39, 0.29) is 22.9 Å². The zero-order valence-corrected chi connectivity index (χ0v) is 14.0. The largest absolute Gasteiger partial charge is 0.490 e. The van der Waals surface area contributed by atoms with Crippen LogP contribution in [0.1, 0.15) is 48.9 Å². The molecule has 0 bridgehead atoms. The van der Waals surface area contributed by atoms with E-state index in [4.69, 9.17) is 4.74 Å². The fourth-order valence-corrected chi connectivity index (χ4v) is 3.01. The van der Waals surface area contributed by atoms with Crippen molar-refractivity contribution in [1.29, 1.82) is 0 Å². The topological polar surface area (TPSA) is 93.5 Å². The number of nitro groups is 1. The lowest BCUT2D eigenvalue weighted by Crippen LogP contribution is -2.36. The zero-order chi connectivity index (χ0) is 17.4. The zero-order valence-electron chi connectivity index (χ0n) is 14.0. The molecule has 0 unspecified atom stereocenters. The summed E-state index contributed by atoms with van der Waals surface area (Å²) >= 11 is 0. The Hall–Kier alpha value is -2.15. The van der Waals surface area contributed by atoms with Gasteiger partial charge in [-0.25, -0.2) is 0 Å². The predicted molar refractivity (Wildman–Crippen MR) is 91.5 cm³/mol. The number of carbonyl (C=O) groups excluding carboxylic acids is 1. The Morgan fingerprint density at radius 2 is 1.96 bits per heavy atom. The monoisotopic (exact) mass is 335 g/mol. The highest BCUT2D eigenvalue weighted by atomic mass is 16.6. The summed E-state index contributed by atoms with van der Waals surface area (Å²) in [6, 6.07) is 4.75. The summed E-state index contributed by atoms with van der Waals surface area (Å²) in [5, 5.41) is 17.3. The maximum absolute atomic E-state index is 12.1. The van der Waals surface area contributed by atoms with E-state index in [0.717, 1.165) is 0 Å². The van der Waals surface area contributed by atoms with Gasteiger partial charge in [-0.2, -0.15) is 0 Å². The number of nitrogens with one attached hydrogen (secondary N) is 2. The van der Waals surface area contributed by atoms with Crippen molar-refractivity contribution in [2.45, 2.75) is 44.6 Å². The quantitative estimate of drug-likeness (QED) is 0.346. The van der Waals surface area contributed by atoms with E-state index in [9.17, 15) is 14.9 Å². The number of methoxy groups -OCH3 is 1. The van der Waals surface area contributed by atoms with E-state index in [0.29, 0.717) is 19.1 Å². The fourth-order valence-electron chi connectivity index (χ4n) is 3.01. The predicted octanol–water partition coefficient (Wildman–Crippen LogP) is 2.65. The number of benzene rings is 1. The molecule has 1 fully saturated rings. The van der Waals surface area contributed by atoms with Crippen molar-refractivity contribution in [3.8, 4) is 5.75 Å². The Balaban J connectivity index is 1.81. The molecule has 1 aliphatic carbocycles. The number of carbonyl (C=O) groups is 1. The number of ether oxygens (including phenoxy) is 1. The maximum atomic E-state index is 12.1. The van der Waals surface area contributed by atoms with Crippen molar-refractivity contribution in [2.75, 3.05) is 20.2 Å². The SMILES string of the molecule is COc1ccc(C(=O)NCCNC2CCCCCC2)cc1[N+](=O)[O-]. The minimum absolute atomic E-state index is 0.145. The molecule has 132 valence electrons. The lowest BCUT2D eigenvalue weighted by Gasteiger charge is -2.16. The summed E-state index contributed by atoms with van der Waals surface area (Å²) in [5.74, 6) is -0.171. The van der Waals surface area contributed by atoms with Crippen LogP contribution in [0.25, 0.3) is 0 Å². The van der Waals surface area contributed by atoms with Gasteiger partial charge in [0.25, 0.3) is 5.91 Å². The first-order chi connectivity index (χ1) is 11.6. The third kappa shape index (κ3) is 5.19. The van der Waals surface area contributed by atoms with E-state index in [1.165, 1.54) is 63.8 Å². The number of amides is 1. The Kier molecular flexibility index (Phi) is 6.99. The van der Waals surface area contributed by atoms with Crippen LogP contribution in [-0.4, -0.2) is 37.1 Å². The molecule has 1 aromatic carbocycles. The van der Waals surface area contributed by atoms with Gasteiger partial charge in [0, 0.05) is 30.8 Å². The third-order valence-corrected chi connectivity index (χ3v) is 4.34. The first-order valence-corrected chi connectivity index (χ1v) is 8.46. The Labute approximate surface area is 141 Å². The molecule has 0 heterocycles. The second-order valence-corrected chi connectivity index (χ2v) is 6.04. The molecule has 1 aliphatic rings. The van der Waals surface area contributed by atoms with Crippen LogP contribution in [0.2, 0.25) is 0 Å². The molecule has 24 heavy (non-hydrogen) atoms. The van der Waals surface area contributed by atoms with Crippen molar-refractivity contribution in [1.82, 2.24) is 10.6 Å². The van der Waals surface area contributed by atoms with Crippen molar-refractivity contribution < 1.29 is 14.5 Å². The van der Waals surface area contributed by atoms with Crippen LogP contribution in [0, 0.1) is 10.1 Å². The Morgan fingerprint density at radius 3 is 2.58 bits per heavy atom. The Morgan fingerprint density at radius 1 is 1.25 bits per heavy atom. The van der Waals surface area contributed by atoms with E-state index in [1.54, 1.807) is 0 Å². The van der Waals surface area contributed by atoms with Gasteiger partial charge in [-0.3, -0.25) is 14.9 Å². The highest BCUT2D eigenvalue weighted by molar-refractivity contribution is 5.95. The van der Waals surface area contributed by atoms with E-state index >= 15 is 0 Å². The van der Waals surface area contributed by atoms with Crippen molar-refractivity contribution in [2.24, 2.45) is 0 Å². The smallest absolute Gasteiger partial charge is 0.311 e. The van der Waals surface area contributed by atoms with Crippen molar-refractivity contribution in [3.05, 3.63) is 33.9 Å². The van der Waals surface area contributed by atoms with Gasteiger partial charge in [-0.15, -0.1) is 0 Å². The van der Waals surface area contributed by atoms with Crippen LogP contribution < -0.4 is 15.4 Å². The summed E-state index contributed by atoms with van der Waals surface area (Å²) in [6.45, 7) is 1.20. The molecule has 7 heteroatoms. The molecular formula is C17H25N3O4. The highest BCUT2D eigenvalue weighted by Crippen LogP contribution is 2.27. The van der Waals surface area contributed by atoms with E-state index < -0.39 is 4.92 Å². The van der Waals surface area contributed by atoms with Gasteiger partial charge in [0.2, 0.25) is 0 Å². The fraction of sp³-hybridized carbons (Fsp3) is 0.588. The second kappa shape index (κ2) is 9.22. The van der Waals surface area contributed by atoms with Crippen molar-refractivity contribution >= 4 is 11.6 Å². The number of nitro benzene ring substituents is 1. The third-order valence-electron chi connectivity index (χ3n) is 4.34. The summed E-state index contributed by atoms with van der Waals surface area (Å²) in [7, 11) is 1.36. The van der Waals surface area contributed by atoms with Crippen LogP contribution >= 0.6 is 0 Å². The summed E-state index contributed by atoms with van der Waals surface area (Å²) < 4.78 is 4.93. The van der Waals surface area contributed by atoms with Crippen LogP contribution in [0.5, 0.6) is 5.75 Å². The lowest BCUT2D eigenvalue weighted by molar-refractivity contribution is -0.385. The molecule has 0 spiro atoms. The average Bonchev–Trinajstić information content (AvgIpc) is 2.86. The summed E-state index contributed by atoms with van der Waals surface area (Å²) in [5.41, 5.74) is 0.0543. The molecule has 7 nitrogen and oxygen atoms in total. The van der Waals surface area contributed by atoms with Gasteiger partial charge < -0.3 is 15.4 Å². The van der Waals surface area contributed by atoms with Crippen LogP contribution in [0.4, 0.5) is 5.69 Å². The second-order valence-electron chi connectivity index (χ2n) is 6.04. The molecule has 0 radical (unpaired) electrons. The first-order valence-electron chi connectivity index (χ1n) is 8.46. The van der Waals surface area contributed by atoms with Crippen molar-refractivity contribution in [3.63, 3.8) is 0 Å².